The van der Waals surface area contributed by atoms with Crippen LogP contribution in [0.4, 0.5) is 5.88 Å². The van der Waals surface area contributed by atoms with Crippen LogP contribution in [0, 0.1) is 0 Å². The monoisotopic (exact) mass is 211 g/mol. The number of hydrogen-bond donors (Lipinski definition) is 0. The van der Waals surface area contributed by atoms with E-state index in [1.165, 1.54) is 0 Å². The van der Waals surface area contributed by atoms with Gasteiger partial charge in [0.05, 0.1) is 0 Å². The molecule has 0 radical (unpaired) electrons. The molecule has 0 atom stereocenters. The van der Waals surface area contributed by atoms with E-state index in [9.17, 15) is 4.79 Å². The lowest BCUT2D eigenvalue weighted by Crippen LogP contribution is -2.32. The predicted octanol–water partition coefficient (Wildman–Crippen LogP) is 2.30. The number of fused-ring (bicyclic) bond motifs is 1. The van der Waals surface area contributed by atoms with Gasteiger partial charge in [0.2, 0.25) is 11.8 Å². The van der Waals surface area contributed by atoms with Gasteiger partial charge in [-0.25, -0.2) is 0 Å². The van der Waals surface area contributed by atoms with Gasteiger partial charge in [0, 0.05) is 19.0 Å². The van der Waals surface area contributed by atoms with Crippen LogP contribution in [0.1, 0.15) is 18.9 Å². The molecule has 0 aliphatic carbocycles. The highest BCUT2D eigenvalue weighted by Gasteiger charge is 2.24. The predicted molar refractivity (Wildman–Crippen MR) is 56.8 cm³/mol. The van der Waals surface area contributed by atoms with Crippen molar-refractivity contribution in [2.24, 2.45) is 0 Å². The summed E-state index contributed by atoms with van der Waals surface area (Å²) in [7, 11) is 0. The molecule has 2 rings (SSSR count). The summed E-state index contributed by atoms with van der Waals surface area (Å²) in [5.41, 5.74) is 1.16. The standard InChI is InChI=1S/C10H13NO2S/c1-7(12)11-5-3-4-8-6-9(14-2)13-10(8)11/h6H,3-5H2,1-2H3. The molecule has 1 aliphatic heterocycles. The van der Waals surface area contributed by atoms with E-state index in [1.807, 2.05) is 12.3 Å². The molecule has 3 nitrogen and oxygen atoms in total. The molecule has 76 valence electrons. The molecule has 1 aliphatic rings. The molecule has 0 bridgehead atoms. The highest BCUT2D eigenvalue weighted by Crippen LogP contribution is 2.33. The average Bonchev–Trinajstić information content (AvgIpc) is 2.59. The maximum Gasteiger partial charge on any atom is 0.226 e. The number of anilines is 1. The Morgan fingerprint density at radius 2 is 2.43 bits per heavy atom. The largest absolute Gasteiger partial charge is 0.434 e. The average molecular weight is 211 g/mol. The fraction of sp³-hybridized carbons (Fsp3) is 0.500. The van der Waals surface area contributed by atoms with Gasteiger partial charge in [-0.05, 0) is 25.2 Å². The highest BCUT2D eigenvalue weighted by atomic mass is 32.2. The van der Waals surface area contributed by atoms with Gasteiger partial charge < -0.3 is 4.42 Å². The molecule has 1 aromatic heterocycles. The molecule has 1 amide bonds. The number of amides is 1. The molecule has 0 N–H and O–H groups in total. The molecule has 1 aromatic rings. The van der Waals surface area contributed by atoms with Crippen molar-refractivity contribution < 1.29 is 9.21 Å². The molecular weight excluding hydrogens is 198 g/mol. The minimum Gasteiger partial charge on any atom is -0.434 e. The Bertz CT molecular complexity index is 359. The van der Waals surface area contributed by atoms with Crippen LogP contribution in [0.15, 0.2) is 15.6 Å². The maximum absolute atomic E-state index is 11.3. The lowest BCUT2D eigenvalue weighted by molar-refractivity contribution is -0.116. The van der Waals surface area contributed by atoms with Gasteiger partial charge in [-0.1, -0.05) is 11.8 Å². The summed E-state index contributed by atoms with van der Waals surface area (Å²) in [6, 6.07) is 2.04. The summed E-state index contributed by atoms with van der Waals surface area (Å²) in [4.78, 5) is 13.0. The van der Waals surface area contributed by atoms with Crippen LogP contribution in [-0.4, -0.2) is 18.7 Å². The summed E-state index contributed by atoms with van der Waals surface area (Å²) >= 11 is 1.57. The Kier molecular flexibility index (Phi) is 2.54. The van der Waals surface area contributed by atoms with Crippen LogP contribution in [0.2, 0.25) is 0 Å². The second-order valence-corrected chi connectivity index (χ2v) is 4.18. The van der Waals surface area contributed by atoms with Crippen molar-refractivity contribution in [3.8, 4) is 0 Å². The van der Waals surface area contributed by atoms with E-state index in [-0.39, 0.29) is 5.91 Å². The lowest BCUT2D eigenvalue weighted by atomic mass is 10.1. The van der Waals surface area contributed by atoms with Crippen molar-refractivity contribution >= 4 is 23.6 Å². The number of nitrogens with zero attached hydrogens (tertiary/aromatic N) is 1. The van der Waals surface area contributed by atoms with Gasteiger partial charge in [0.15, 0.2) is 5.09 Å². The van der Waals surface area contributed by atoms with E-state index in [0.717, 1.165) is 35.9 Å². The number of carbonyl (C=O) groups excluding carboxylic acids is 1. The van der Waals surface area contributed by atoms with Crippen molar-refractivity contribution in [1.82, 2.24) is 0 Å². The molecule has 0 fully saturated rings. The Hall–Kier alpha value is -0.900. The summed E-state index contributed by atoms with van der Waals surface area (Å²) in [6.07, 6.45) is 4.02. The van der Waals surface area contributed by atoms with Crippen molar-refractivity contribution in [3.63, 3.8) is 0 Å². The molecule has 0 saturated carbocycles. The van der Waals surface area contributed by atoms with Crippen molar-refractivity contribution in [3.05, 3.63) is 11.6 Å². The number of aryl methyl sites for hydroxylation is 1. The quantitative estimate of drug-likeness (QED) is 0.668. The summed E-state index contributed by atoms with van der Waals surface area (Å²) in [5.74, 6) is 0.820. The van der Waals surface area contributed by atoms with Crippen LogP contribution in [-0.2, 0) is 11.2 Å². The normalized spacial score (nSPS) is 15.4. The second kappa shape index (κ2) is 3.69. The SMILES string of the molecule is CSc1cc2c(o1)N(C(C)=O)CCC2. The number of thioether (sulfide) groups is 1. The zero-order valence-corrected chi connectivity index (χ0v) is 9.19. The first-order chi connectivity index (χ1) is 6.72. The van der Waals surface area contributed by atoms with E-state index in [1.54, 1.807) is 23.6 Å². The van der Waals surface area contributed by atoms with Crippen LogP contribution in [0.5, 0.6) is 0 Å². The molecule has 0 spiro atoms. The van der Waals surface area contributed by atoms with Crippen molar-refractivity contribution in [2.75, 3.05) is 17.7 Å². The first kappa shape index (κ1) is 9.65. The number of carbonyl (C=O) groups is 1. The van der Waals surface area contributed by atoms with E-state index in [4.69, 9.17) is 4.42 Å². The Morgan fingerprint density at radius 1 is 1.64 bits per heavy atom. The first-order valence-corrected chi connectivity index (χ1v) is 5.89. The van der Waals surface area contributed by atoms with Gasteiger partial charge in [-0.2, -0.15) is 0 Å². The number of rotatable bonds is 1. The van der Waals surface area contributed by atoms with Crippen LogP contribution in [0.25, 0.3) is 0 Å². The second-order valence-electron chi connectivity index (χ2n) is 3.37. The molecular formula is C10H13NO2S. The summed E-state index contributed by atoms with van der Waals surface area (Å²) in [5, 5.41) is 0.892. The van der Waals surface area contributed by atoms with Gasteiger partial charge in [0.1, 0.15) is 0 Å². The molecule has 4 heteroatoms. The lowest BCUT2D eigenvalue weighted by Gasteiger charge is -2.23. The van der Waals surface area contributed by atoms with Crippen LogP contribution in [0.3, 0.4) is 0 Å². The Morgan fingerprint density at radius 3 is 3.07 bits per heavy atom. The zero-order chi connectivity index (χ0) is 10.1. The first-order valence-electron chi connectivity index (χ1n) is 4.67. The zero-order valence-electron chi connectivity index (χ0n) is 8.37. The van der Waals surface area contributed by atoms with Crippen LogP contribution >= 0.6 is 11.8 Å². The van der Waals surface area contributed by atoms with Gasteiger partial charge in [-0.15, -0.1) is 0 Å². The van der Waals surface area contributed by atoms with Crippen molar-refractivity contribution in [1.29, 1.82) is 0 Å². The fourth-order valence-corrected chi connectivity index (χ4v) is 2.15. The Labute approximate surface area is 87.5 Å². The van der Waals surface area contributed by atoms with Gasteiger partial charge in [-0.3, -0.25) is 9.69 Å². The van der Waals surface area contributed by atoms with Gasteiger partial charge >= 0.3 is 0 Å². The Balaban J connectivity index is 2.38. The van der Waals surface area contributed by atoms with E-state index < -0.39 is 0 Å². The van der Waals surface area contributed by atoms with Crippen molar-refractivity contribution in [2.45, 2.75) is 24.9 Å². The summed E-state index contributed by atoms with van der Waals surface area (Å²) < 4.78 is 5.60. The smallest absolute Gasteiger partial charge is 0.226 e. The molecule has 2 heterocycles. The number of hydrogen-bond acceptors (Lipinski definition) is 3. The summed E-state index contributed by atoms with van der Waals surface area (Å²) in [6.45, 7) is 2.36. The fourth-order valence-electron chi connectivity index (χ4n) is 1.73. The third kappa shape index (κ3) is 1.54. The van der Waals surface area contributed by atoms with Gasteiger partial charge in [0.25, 0.3) is 0 Å². The third-order valence-corrected chi connectivity index (χ3v) is 3.02. The minimum absolute atomic E-state index is 0.0629. The maximum atomic E-state index is 11.3. The number of furan rings is 1. The molecule has 0 unspecified atom stereocenters. The topological polar surface area (TPSA) is 33.5 Å². The molecule has 14 heavy (non-hydrogen) atoms. The van der Waals surface area contributed by atoms with Crippen LogP contribution < -0.4 is 4.90 Å². The highest BCUT2D eigenvalue weighted by molar-refractivity contribution is 7.98. The molecule has 0 saturated heterocycles. The van der Waals surface area contributed by atoms with E-state index in [2.05, 4.69) is 0 Å². The minimum atomic E-state index is 0.0629. The molecule has 0 aromatic carbocycles. The third-order valence-electron chi connectivity index (χ3n) is 2.42. The van der Waals surface area contributed by atoms with E-state index >= 15 is 0 Å². The van der Waals surface area contributed by atoms with E-state index in [0.29, 0.717) is 0 Å².